The number of halogens is 2. The van der Waals surface area contributed by atoms with Crippen LogP contribution in [-0.2, 0) is 16.6 Å². The Bertz CT molecular complexity index is 1980. The van der Waals surface area contributed by atoms with Gasteiger partial charge in [0.1, 0.15) is 16.4 Å². The Kier molecular flexibility index (Phi) is 10.7. The Labute approximate surface area is 295 Å². The van der Waals surface area contributed by atoms with Crippen molar-refractivity contribution in [3.05, 3.63) is 117 Å². The van der Waals surface area contributed by atoms with Crippen LogP contribution in [0.25, 0.3) is 11.1 Å². The number of rotatable bonds is 10. The van der Waals surface area contributed by atoms with Crippen molar-refractivity contribution in [2.45, 2.75) is 30.3 Å². The lowest BCUT2D eigenvalue weighted by molar-refractivity contribution is -0.384. The first kappa shape index (κ1) is 35.3. The maximum atomic E-state index is 15.4. The fourth-order valence-electron chi connectivity index (χ4n) is 6.61. The van der Waals surface area contributed by atoms with Gasteiger partial charge in [-0.2, -0.15) is 0 Å². The molecule has 0 bridgehead atoms. The van der Waals surface area contributed by atoms with Gasteiger partial charge in [-0.15, -0.1) is 0 Å². The number of piperazine rings is 1. The molecule has 4 aromatic carbocycles. The predicted octanol–water partition coefficient (Wildman–Crippen LogP) is 5.68. The lowest BCUT2D eigenvalue weighted by atomic mass is 9.99. The van der Waals surface area contributed by atoms with Crippen LogP contribution < -0.4 is 19.8 Å². The van der Waals surface area contributed by atoms with Gasteiger partial charge >= 0.3 is 0 Å². The molecule has 0 unspecified atom stereocenters. The Balaban J connectivity index is 1.09. The highest BCUT2D eigenvalue weighted by molar-refractivity contribution is 7.90. The highest BCUT2D eigenvalue weighted by Crippen LogP contribution is 2.32. The molecule has 1 amide bonds. The molecule has 0 spiro atoms. The lowest BCUT2D eigenvalue weighted by Gasteiger charge is -2.36. The predicted molar refractivity (Wildman–Crippen MR) is 193 cm³/mol. The van der Waals surface area contributed by atoms with E-state index in [-0.39, 0.29) is 17.3 Å². The van der Waals surface area contributed by atoms with Crippen LogP contribution in [0, 0.1) is 15.9 Å². The summed E-state index contributed by atoms with van der Waals surface area (Å²) in [4.78, 5) is 29.8. The van der Waals surface area contributed by atoms with E-state index >= 15 is 4.39 Å². The summed E-state index contributed by atoms with van der Waals surface area (Å²) >= 11 is 6.08. The molecule has 2 saturated heterocycles. The number of carbonyl (C=O) groups is 1. The molecular weight excluding hydrogens is 683 g/mol. The van der Waals surface area contributed by atoms with Gasteiger partial charge in [0, 0.05) is 68.2 Å². The minimum Gasteiger partial charge on any atom is -0.369 e. The summed E-state index contributed by atoms with van der Waals surface area (Å²) in [6.45, 7) is 4.95. The van der Waals surface area contributed by atoms with Crippen molar-refractivity contribution in [3.8, 4) is 11.1 Å². The highest BCUT2D eigenvalue weighted by Gasteiger charge is 2.28. The molecule has 0 saturated carbocycles. The summed E-state index contributed by atoms with van der Waals surface area (Å²) in [7, 11) is -2.87. The number of nitrogens with zero attached hydrogens (tertiary/aromatic N) is 4. The molecule has 0 atom stereocenters. The maximum absolute atomic E-state index is 15.4. The number of sulfonamides is 1. The van der Waals surface area contributed by atoms with Gasteiger partial charge in [0.15, 0.2) is 0 Å². The third kappa shape index (κ3) is 7.91. The number of hydrogen-bond donors (Lipinski definition) is 2. The minimum absolute atomic E-state index is 0.0769. The quantitative estimate of drug-likeness (QED) is 0.157. The van der Waals surface area contributed by atoms with Crippen LogP contribution in [0.4, 0.5) is 21.5 Å². The second-order valence-electron chi connectivity index (χ2n) is 12.5. The minimum atomic E-state index is -4.63. The van der Waals surface area contributed by atoms with Gasteiger partial charge in [-0.1, -0.05) is 48.0 Å². The summed E-state index contributed by atoms with van der Waals surface area (Å²) in [6, 6.07) is 23.7. The van der Waals surface area contributed by atoms with Gasteiger partial charge in [0.2, 0.25) is 0 Å². The molecule has 14 heteroatoms. The van der Waals surface area contributed by atoms with Crippen molar-refractivity contribution < 1.29 is 22.5 Å². The number of amides is 1. The van der Waals surface area contributed by atoms with Crippen molar-refractivity contribution in [2.24, 2.45) is 0 Å². The van der Waals surface area contributed by atoms with E-state index in [1.165, 1.54) is 23.8 Å². The normalized spacial score (nSPS) is 15.9. The summed E-state index contributed by atoms with van der Waals surface area (Å²) in [5.41, 5.74) is 3.70. The molecule has 2 aliphatic rings. The van der Waals surface area contributed by atoms with Gasteiger partial charge in [0.25, 0.3) is 21.6 Å². The molecule has 50 heavy (non-hydrogen) atoms. The van der Waals surface area contributed by atoms with Gasteiger partial charge in [-0.25, -0.2) is 17.5 Å². The molecular formula is C36H38ClFN6O5S. The highest BCUT2D eigenvalue weighted by atomic mass is 35.5. The zero-order chi connectivity index (χ0) is 35.4. The van der Waals surface area contributed by atoms with Crippen molar-refractivity contribution in [3.63, 3.8) is 0 Å². The Morgan fingerprint density at radius 3 is 2.38 bits per heavy atom. The molecule has 262 valence electrons. The second-order valence-corrected chi connectivity index (χ2v) is 14.6. The van der Waals surface area contributed by atoms with E-state index in [0.717, 1.165) is 61.8 Å². The van der Waals surface area contributed by atoms with Crippen LogP contribution in [0.1, 0.15) is 28.8 Å². The van der Waals surface area contributed by atoms with Crippen molar-refractivity contribution in [2.75, 3.05) is 56.1 Å². The smallest absolute Gasteiger partial charge is 0.293 e. The molecule has 11 nitrogen and oxygen atoms in total. The van der Waals surface area contributed by atoms with E-state index in [2.05, 4.69) is 22.3 Å². The molecule has 4 aromatic rings. The number of benzene rings is 4. The SMILES string of the molecule is CN(c1ccc(C(=O)NS(=O)(=O)c2ccc(N3CCN(Cc4ccccc4-c4ccc(Cl)cc4)CC3)cc2F)cc1[N+](=O)[O-])C1CCNCC1. The number of nitro benzene ring substituents is 1. The molecule has 6 rings (SSSR count). The maximum Gasteiger partial charge on any atom is 0.293 e. The lowest BCUT2D eigenvalue weighted by Crippen LogP contribution is -2.46. The number of carbonyl (C=O) groups excluding carboxylic acids is 1. The number of nitro groups is 1. The van der Waals surface area contributed by atoms with Crippen LogP contribution in [0.2, 0.25) is 5.02 Å². The van der Waals surface area contributed by atoms with Crippen molar-refractivity contribution >= 4 is 44.6 Å². The molecule has 0 radical (unpaired) electrons. The summed E-state index contributed by atoms with van der Waals surface area (Å²) in [6.07, 6.45) is 1.60. The molecule has 2 N–H and O–H groups in total. The van der Waals surface area contributed by atoms with Crippen LogP contribution in [0.15, 0.2) is 89.8 Å². The molecule has 2 heterocycles. The second kappa shape index (κ2) is 15.1. The van der Waals surface area contributed by atoms with Crippen LogP contribution in [-0.4, -0.2) is 76.5 Å². The van der Waals surface area contributed by atoms with E-state index in [4.69, 9.17) is 11.6 Å². The van der Waals surface area contributed by atoms with E-state index in [9.17, 15) is 23.3 Å². The summed E-state index contributed by atoms with van der Waals surface area (Å²) in [5, 5.41) is 15.9. The third-order valence-electron chi connectivity index (χ3n) is 9.41. The zero-order valence-electron chi connectivity index (χ0n) is 27.5. The molecule has 2 fully saturated rings. The fourth-order valence-corrected chi connectivity index (χ4v) is 7.78. The van der Waals surface area contributed by atoms with Gasteiger partial charge in [-0.3, -0.25) is 19.8 Å². The van der Waals surface area contributed by atoms with Crippen LogP contribution in [0.3, 0.4) is 0 Å². The van der Waals surface area contributed by atoms with E-state index in [1.807, 2.05) is 50.9 Å². The third-order valence-corrected chi connectivity index (χ3v) is 11.0. The summed E-state index contributed by atoms with van der Waals surface area (Å²) in [5.74, 6) is -2.10. The zero-order valence-corrected chi connectivity index (χ0v) is 29.1. The van der Waals surface area contributed by atoms with Gasteiger partial charge in [-0.05, 0) is 85.1 Å². The average Bonchev–Trinajstić information content (AvgIpc) is 3.12. The molecule has 0 aromatic heterocycles. The molecule has 0 aliphatic carbocycles. The standard InChI is InChI=1S/C36H38ClFN6O5S/c1-41(29-14-16-39-17-15-29)33-12-8-26(22-34(33)44(46)47)36(45)40-50(48,49)35-13-11-30(23-32(35)38)43-20-18-42(19-21-43)24-27-4-2-3-5-31(27)25-6-9-28(37)10-7-25/h2-13,22-23,29,39H,14-21,24H2,1H3,(H,40,45). The number of piperidine rings is 1. The summed E-state index contributed by atoms with van der Waals surface area (Å²) < 4.78 is 43.5. The number of nitrogens with one attached hydrogen (secondary N) is 2. The number of hydrogen-bond acceptors (Lipinski definition) is 9. The first-order valence-corrected chi connectivity index (χ1v) is 18.3. The largest absolute Gasteiger partial charge is 0.369 e. The monoisotopic (exact) mass is 720 g/mol. The van der Waals surface area contributed by atoms with Gasteiger partial charge in [0.05, 0.1) is 4.92 Å². The van der Waals surface area contributed by atoms with E-state index < -0.39 is 31.6 Å². The average molecular weight is 721 g/mol. The number of anilines is 2. The van der Waals surface area contributed by atoms with Crippen LogP contribution in [0.5, 0.6) is 0 Å². The van der Waals surface area contributed by atoms with Crippen molar-refractivity contribution in [1.82, 2.24) is 14.9 Å². The van der Waals surface area contributed by atoms with E-state index in [1.54, 1.807) is 7.05 Å². The Hall–Kier alpha value is -4.56. The first-order valence-electron chi connectivity index (χ1n) is 16.4. The van der Waals surface area contributed by atoms with E-state index in [0.29, 0.717) is 42.6 Å². The molecule has 2 aliphatic heterocycles. The topological polar surface area (TPSA) is 128 Å². The van der Waals surface area contributed by atoms with Crippen molar-refractivity contribution in [1.29, 1.82) is 0 Å². The Morgan fingerprint density at radius 1 is 1.00 bits per heavy atom. The Morgan fingerprint density at radius 2 is 1.70 bits per heavy atom. The van der Waals surface area contributed by atoms with Crippen LogP contribution >= 0.6 is 11.6 Å². The first-order chi connectivity index (χ1) is 24.0. The van der Waals surface area contributed by atoms with Gasteiger partial charge < -0.3 is 15.1 Å². The fraction of sp³-hybridized carbons (Fsp3) is 0.306.